The zero-order valence-electron chi connectivity index (χ0n) is 41.1. The van der Waals surface area contributed by atoms with Crippen molar-refractivity contribution in [3.8, 4) is 0 Å². The average molecular weight is 849 g/mol. The second-order valence-electron chi connectivity index (χ2n) is 19.2. The van der Waals surface area contributed by atoms with Crippen LogP contribution < -0.4 is 0 Å². The number of rotatable bonds is 48. The molecule has 0 aromatic rings. The molecule has 0 saturated heterocycles. The first-order valence-electron chi connectivity index (χ1n) is 26.8. The van der Waals surface area contributed by atoms with E-state index in [9.17, 15) is 14.4 Å². The average Bonchev–Trinajstić information content (AvgIpc) is 3.23. The second kappa shape index (κ2) is 46.9. The fourth-order valence-corrected chi connectivity index (χ4v) is 8.13. The highest BCUT2D eigenvalue weighted by atomic mass is 16.6. The predicted molar refractivity (Wildman–Crippen MR) is 256 cm³/mol. The molecule has 1 unspecified atom stereocenters. The van der Waals surface area contributed by atoms with Crippen LogP contribution in [-0.4, -0.2) is 37.2 Å². The van der Waals surface area contributed by atoms with Crippen LogP contribution in [0.1, 0.15) is 298 Å². The van der Waals surface area contributed by atoms with Crippen molar-refractivity contribution in [1.82, 2.24) is 0 Å². The van der Waals surface area contributed by atoms with E-state index in [1.54, 1.807) is 0 Å². The lowest BCUT2D eigenvalue weighted by Gasteiger charge is -2.18. The molecule has 0 bridgehead atoms. The van der Waals surface area contributed by atoms with E-state index in [4.69, 9.17) is 14.2 Å². The summed E-state index contributed by atoms with van der Waals surface area (Å²) in [6.07, 6.45) is 48.2. The topological polar surface area (TPSA) is 78.9 Å². The molecular weight excluding hydrogens is 745 g/mol. The van der Waals surface area contributed by atoms with Crippen LogP contribution in [0.15, 0.2) is 0 Å². The van der Waals surface area contributed by atoms with Gasteiger partial charge in [-0.25, -0.2) is 0 Å². The van der Waals surface area contributed by atoms with Gasteiger partial charge >= 0.3 is 17.9 Å². The number of carbonyl (C=O) groups excluding carboxylic acids is 3. The van der Waals surface area contributed by atoms with E-state index in [2.05, 4.69) is 34.6 Å². The number of hydrogen-bond donors (Lipinski definition) is 0. The summed E-state index contributed by atoms with van der Waals surface area (Å²) in [5.41, 5.74) is 0. The minimum absolute atomic E-state index is 0.0642. The maximum atomic E-state index is 12.8. The third kappa shape index (κ3) is 45.9. The Kier molecular flexibility index (Phi) is 45.7. The molecule has 0 amide bonds. The Hall–Kier alpha value is -1.59. The molecule has 6 heteroatoms. The molecule has 0 fully saturated rings. The van der Waals surface area contributed by atoms with Gasteiger partial charge in [0.15, 0.2) is 6.10 Å². The molecule has 356 valence electrons. The van der Waals surface area contributed by atoms with Gasteiger partial charge in [0.2, 0.25) is 0 Å². The first kappa shape index (κ1) is 58.4. The summed E-state index contributed by atoms with van der Waals surface area (Å²) in [4.78, 5) is 37.9. The van der Waals surface area contributed by atoms with Crippen LogP contribution in [-0.2, 0) is 28.6 Å². The monoisotopic (exact) mass is 849 g/mol. The molecule has 0 radical (unpaired) electrons. The standard InChI is InChI=1S/C54H104O6/c1-6-8-9-10-11-12-24-29-34-39-44-52(55)58-47-51(48-59-53(56)45-40-35-31-26-27-32-37-42-49(3)4)60-54(57)46-41-36-30-25-22-20-18-16-14-13-15-17-19-21-23-28-33-38-43-50(5)7-2/h49-51H,6-48H2,1-5H3/t50?,51-/m0/s1. The van der Waals surface area contributed by atoms with Crippen LogP contribution in [0.2, 0.25) is 0 Å². The van der Waals surface area contributed by atoms with Crippen molar-refractivity contribution in [3.05, 3.63) is 0 Å². The van der Waals surface area contributed by atoms with Gasteiger partial charge in [0.25, 0.3) is 0 Å². The van der Waals surface area contributed by atoms with Gasteiger partial charge in [0, 0.05) is 19.3 Å². The van der Waals surface area contributed by atoms with Crippen molar-refractivity contribution in [2.75, 3.05) is 13.2 Å². The minimum Gasteiger partial charge on any atom is -0.462 e. The van der Waals surface area contributed by atoms with Crippen LogP contribution in [0.4, 0.5) is 0 Å². The summed E-state index contributed by atoms with van der Waals surface area (Å²) in [5.74, 6) is 0.839. The predicted octanol–water partition coefficient (Wildman–Crippen LogP) is 17.3. The number of ether oxygens (including phenoxy) is 3. The highest BCUT2D eigenvalue weighted by Crippen LogP contribution is 2.18. The van der Waals surface area contributed by atoms with Gasteiger partial charge < -0.3 is 14.2 Å². The maximum absolute atomic E-state index is 12.8. The van der Waals surface area contributed by atoms with Crippen molar-refractivity contribution >= 4 is 17.9 Å². The molecule has 0 spiro atoms. The van der Waals surface area contributed by atoms with Crippen molar-refractivity contribution in [1.29, 1.82) is 0 Å². The molecule has 0 N–H and O–H groups in total. The van der Waals surface area contributed by atoms with Crippen LogP contribution in [0.5, 0.6) is 0 Å². The number of unbranched alkanes of at least 4 members (excludes halogenated alkanes) is 32. The van der Waals surface area contributed by atoms with E-state index < -0.39 is 6.10 Å². The molecule has 0 aliphatic heterocycles. The summed E-state index contributed by atoms with van der Waals surface area (Å²) in [5, 5.41) is 0. The lowest BCUT2D eigenvalue weighted by Crippen LogP contribution is -2.30. The Morgan fingerprint density at radius 1 is 0.350 bits per heavy atom. The molecule has 0 aliphatic carbocycles. The Labute approximate surface area is 374 Å². The van der Waals surface area contributed by atoms with Gasteiger partial charge in [-0.3, -0.25) is 14.4 Å². The highest BCUT2D eigenvalue weighted by molar-refractivity contribution is 5.71. The van der Waals surface area contributed by atoms with Crippen LogP contribution in [0.3, 0.4) is 0 Å². The van der Waals surface area contributed by atoms with Crippen molar-refractivity contribution in [2.45, 2.75) is 304 Å². The summed E-state index contributed by atoms with van der Waals surface area (Å²) in [6.45, 7) is 11.4. The normalized spacial score (nSPS) is 12.5. The van der Waals surface area contributed by atoms with E-state index in [1.807, 2.05) is 0 Å². The molecule has 2 atom stereocenters. The largest absolute Gasteiger partial charge is 0.462 e. The second-order valence-corrected chi connectivity index (χ2v) is 19.2. The summed E-state index contributed by atoms with van der Waals surface area (Å²) < 4.78 is 16.8. The lowest BCUT2D eigenvalue weighted by molar-refractivity contribution is -0.167. The van der Waals surface area contributed by atoms with E-state index in [0.29, 0.717) is 19.3 Å². The quantitative estimate of drug-likeness (QED) is 0.0345. The maximum Gasteiger partial charge on any atom is 0.306 e. The van der Waals surface area contributed by atoms with E-state index in [0.717, 1.165) is 69.6 Å². The fraction of sp³-hybridized carbons (Fsp3) is 0.944. The first-order chi connectivity index (χ1) is 29.3. The number of esters is 3. The summed E-state index contributed by atoms with van der Waals surface area (Å²) in [7, 11) is 0. The minimum atomic E-state index is -0.761. The number of hydrogen-bond acceptors (Lipinski definition) is 6. The fourth-order valence-electron chi connectivity index (χ4n) is 8.13. The summed E-state index contributed by atoms with van der Waals surface area (Å²) in [6, 6.07) is 0. The zero-order valence-corrected chi connectivity index (χ0v) is 41.1. The molecule has 60 heavy (non-hydrogen) atoms. The molecule has 0 saturated carbocycles. The van der Waals surface area contributed by atoms with Crippen molar-refractivity contribution in [3.63, 3.8) is 0 Å². The smallest absolute Gasteiger partial charge is 0.306 e. The summed E-state index contributed by atoms with van der Waals surface area (Å²) >= 11 is 0. The molecule has 0 aromatic heterocycles. The van der Waals surface area contributed by atoms with Crippen molar-refractivity contribution in [2.24, 2.45) is 11.8 Å². The molecule has 0 aromatic carbocycles. The number of carbonyl (C=O) groups is 3. The van der Waals surface area contributed by atoms with Gasteiger partial charge in [0.05, 0.1) is 0 Å². The Morgan fingerprint density at radius 3 is 0.950 bits per heavy atom. The lowest BCUT2D eigenvalue weighted by atomic mass is 9.99. The molecule has 0 heterocycles. The van der Waals surface area contributed by atoms with Gasteiger partial charge in [-0.05, 0) is 31.1 Å². The van der Waals surface area contributed by atoms with Crippen LogP contribution >= 0.6 is 0 Å². The Morgan fingerprint density at radius 2 is 0.633 bits per heavy atom. The molecule has 0 rings (SSSR count). The van der Waals surface area contributed by atoms with Crippen LogP contribution in [0, 0.1) is 11.8 Å². The van der Waals surface area contributed by atoms with E-state index in [1.165, 1.54) is 186 Å². The van der Waals surface area contributed by atoms with Gasteiger partial charge in [-0.1, -0.05) is 259 Å². The van der Waals surface area contributed by atoms with Crippen LogP contribution in [0.25, 0.3) is 0 Å². The third-order valence-corrected chi connectivity index (χ3v) is 12.6. The molecule has 0 aliphatic rings. The van der Waals surface area contributed by atoms with Gasteiger partial charge in [-0.15, -0.1) is 0 Å². The SMILES string of the molecule is CCCCCCCCCCCCC(=O)OC[C@@H](COC(=O)CCCCCCCCCC(C)C)OC(=O)CCCCCCCCCCCCCCCCCCCCC(C)CC. The Bertz CT molecular complexity index is 918. The van der Waals surface area contributed by atoms with Gasteiger partial charge in [-0.2, -0.15) is 0 Å². The van der Waals surface area contributed by atoms with Gasteiger partial charge in [0.1, 0.15) is 13.2 Å². The third-order valence-electron chi connectivity index (χ3n) is 12.6. The van der Waals surface area contributed by atoms with E-state index >= 15 is 0 Å². The van der Waals surface area contributed by atoms with E-state index in [-0.39, 0.29) is 31.1 Å². The Balaban J connectivity index is 4.18. The van der Waals surface area contributed by atoms with Crippen molar-refractivity contribution < 1.29 is 28.6 Å². The molecular formula is C54H104O6. The molecule has 6 nitrogen and oxygen atoms in total. The first-order valence-corrected chi connectivity index (χ1v) is 26.8. The zero-order chi connectivity index (χ0) is 44.0. The highest BCUT2D eigenvalue weighted by Gasteiger charge is 2.19.